The second-order valence-electron chi connectivity index (χ2n) is 4.62. The average molecular weight is 267 g/mol. The molecule has 3 N–H and O–H groups in total. The predicted molar refractivity (Wildman–Crippen MR) is 58.3 cm³/mol. The van der Waals surface area contributed by atoms with Crippen LogP contribution in [0.2, 0.25) is 0 Å². The Morgan fingerprint density at radius 2 is 2.11 bits per heavy atom. The van der Waals surface area contributed by atoms with E-state index in [-0.39, 0.29) is 17.7 Å². The Hall–Kier alpha value is -2.04. The largest absolute Gasteiger partial charge is 0.387 e. The molecule has 2 aliphatic heterocycles. The van der Waals surface area contributed by atoms with Crippen molar-refractivity contribution in [2.24, 2.45) is 0 Å². The summed E-state index contributed by atoms with van der Waals surface area (Å²) in [7, 11) is 0. The molecule has 2 bridgehead atoms. The Balaban J connectivity index is 2.14. The Kier molecular flexibility index (Phi) is 1.88. The van der Waals surface area contributed by atoms with Crippen LogP contribution in [-0.2, 0) is 11.3 Å². The number of nitrogens with one attached hydrogen (secondary N) is 1. The molecule has 0 radical (unpaired) electrons. The standard InChI is InChI=1S/C9H9N5O5/c15-4-2-1-13-7-3(11-12-13)6(17)10-9(18)14(7)8(19-2)5(4)16/h2,4-5,8,15-16H,1H2,(H,10,17,18)/t2-,4-,5-,8-/m1/s1. The van der Waals surface area contributed by atoms with Crippen LogP contribution >= 0.6 is 0 Å². The lowest BCUT2D eigenvalue weighted by molar-refractivity contribution is -0.0358. The van der Waals surface area contributed by atoms with Gasteiger partial charge in [-0.25, -0.2) is 14.0 Å². The third kappa shape index (κ3) is 1.20. The lowest BCUT2D eigenvalue weighted by Crippen LogP contribution is -2.40. The number of H-pyrrole nitrogens is 1. The second-order valence-corrected chi connectivity index (χ2v) is 4.62. The van der Waals surface area contributed by atoms with Gasteiger partial charge in [-0.15, -0.1) is 5.10 Å². The van der Waals surface area contributed by atoms with Gasteiger partial charge in [-0.1, -0.05) is 5.21 Å². The van der Waals surface area contributed by atoms with Crippen molar-refractivity contribution in [2.75, 3.05) is 0 Å². The van der Waals surface area contributed by atoms with Gasteiger partial charge in [-0.3, -0.25) is 9.78 Å². The van der Waals surface area contributed by atoms with Gasteiger partial charge in [-0.05, 0) is 0 Å². The topological polar surface area (TPSA) is 135 Å². The van der Waals surface area contributed by atoms with Crippen molar-refractivity contribution < 1.29 is 14.9 Å². The molecule has 0 spiro atoms. The Bertz CT molecular complexity index is 790. The highest BCUT2D eigenvalue weighted by molar-refractivity contribution is 5.68. The van der Waals surface area contributed by atoms with E-state index >= 15 is 0 Å². The SMILES string of the molecule is O=c1[nH]c(=O)n2c3c1nnn3C[C@H]1O[C@@H]2[C@H](O)[C@@H]1O. The van der Waals surface area contributed by atoms with Gasteiger partial charge in [0.2, 0.25) is 0 Å². The quantitative estimate of drug-likeness (QED) is 0.460. The van der Waals surface area contributed by atoms with Crippen LogP contribution in [0.4, 0.5) is 0 Å². The summed E-state index contributed by atoms with van der Waals surface area (Å²) >= 11 is 0. The first kappa shape index (κ1) is 10.8. The maximum atomic E-state index is 11.9. The van der Waals surface area contributed by atoms with E-state index in [1.807, 2.05) is 0 Å². The molecule has 4 atom stereocenters. The molecule has 1 fully saturated rings. The first-order valence-electron chi connectivity index (χ1n) is 5.67. The summed E-state index contributed by atoms with van der Waals surface area (Å²) in [6, 6.07) is 0. The van der Waals surface area contributed by atoms with Crippen LogP contribution in [-0.4, -0.2) is 53.1 Å². The third-order valence-corrected chi connectivity index (χ3v) is 3.54. The van der Waals surface area contributed by atoms with E-state index in [1.54, 1.807) is 0 Å². The van der Waals surface area contributed by atoms with Gasteiger partial charge in [0.05, 0.1) is 6.54 Å². The summed E-state index contributed by atoms with van der Waals surface area (Å²) in [6.07, 6.45) is -4.15. The van der Waals surface area contributed by atoms with E-state index in [2.05, 4.69) is 15.3 Å². The molecule has 2 aromatic heterocycles. The van der Waals surface area contributed by atoms with E-state index in [0.717, 1.165) is 4.57 Å². The van der Waals surface area contributed by atoms with Crippen molar-refractivity contribution in [1.29, 1.82) is 0 Å². The van der Waals surface area contributed by atoms with Crippen molar-refractivity contribution in [3.63, 3.8) is 0 Å². The van der Waals surface area contributed by atoms with Crippen molar-refractivity contribution in [3.8, 4) is 0 Å². The number of ether oxygens (including phenoxy) is 1. The fourth-order valence-electron chi connectivity index (χ4n) is 2.63. The highest BCUT2D eigenvalue weighted by Crippen LogP contribution is 2.33. The highest BCUT2D eigenvalue weighted by Gasteiger charge is 2.47. The zero-order valence-electron chi connectivity index (χ0n) is 9.42. The minimum atomic E-state index is -1.25. The summed E-state index contributed by atoms with van der Waals surface area (Å²) in [5, 5.41) is 27.2. The number of nitrogens with zero attached hydrogens (tertiary/aromatic N) is 4. The summed E-state index contributed by atoms with van der Waals surface area (Å²) in [6.45, 7) is 0.105. The third-order valence-electron chi connectivity index (χ3n) is 3.54. The summed E-state index contributed by atoms with van der Waals surface area (Å²) in [5.41, 5.74) is -1.19. The number of rotatable bonds is 0. The molecule has 1 saturated heterocycles. The maximum absolute atomic E-state index is 11.9. The molecular weight excluding hydrogens is 258 g/mol. The summed E-state index contributed by atoms with van der Waals surface area (Å²) < 4.78 is 7.84. The number of aromatic nitrogens is 5. The van der Waals surface area contributed by atoms with Crippen molar-refractivity contribution in [1.82, 2.24) is 24.5 Å². The molecule has 4 rings (SSSR count). The molecule has 4 heterocycles. The van der Waals surface area contributed by atoms with Gasteiger partial charge >= 0.3 is 5.69 Å². The van der Waals surface area contributed by atoms with Gasteiger partial charge < -0.3 is 14.9 Å². The second kappa shape index (κ2) is 3.29. The van der Waals surface area contributed by atoms with E-state index < -0.39 is 35.8 Å². The van der Waals surface area contributed by atoms with Crippen LogP contribution in [0, 0.1) is 0 Å². The number of fused-ring (bicyclic) bond motifs is 3. The molecule has 19 heavy (non-hydrogen) atoms. The van der Waals surface area contributed by atoms with Gasteiger partial charge in [-0.2, -0.15) is 0 Å². The van der Waals surface area contributed by atoms with Crippen molar-refractivity contribution >= 4 is 11.2 Å². The van der Waals surface area contributed by atoms with Gasteiger partial charge in [0.15, 0.2) is 17.4 Å². The van der Waals surface area contributed by atoms with Crippen molar-refractivity contribution in [3.05, 3.63) is 20.8 Å². The predicted octanol–water partition coefficient (Wildman–Crippen LogP) is -3.09. The molecule has 2 aliphatic rings. The van der Waals surface area contributed by atoms with Gasteiger partial charge in [0.1, 0.15) is 18.3 Å². The normalized spacial score (nSPS) is 32.7. The van der Waals surface area contributed by atoms with Gasteiger partial charge in [0.25, 0.3) is 5.56 Å². The highest BCUT2D eigenvalue weighted by atomic mass is 16.6. The molecule has 0 aliphatic carbocycles. The number of hydrogen-bond acceptors (Lipinski definition) is 7. The van der Waals surface area contributed by atoms with Crippen LogP contribution in [0.15, 0.2) is 9.59 Å². The van der Waals surface area contributed by atoms with E-state index in [9.17, 15) is 19.8 Å². The first-order valence-corrected chi connectivity index (χ1v) is 5.67. The Morgan fingerprint density at radius 3 is 2.89 bits per heavy atom. The molecule has 0 saturated carbocycles. The van der Waals surface area contributed by atoms with Crippen LogP contribution < -0.4 is 11.2 Å². The first-order chi connectivity index (χ1) is 9.08. The number of aliphatic hydroxyl groups is 2. The lowest BCUT2D eigenvalue weighted by atomic mass is 10.1. The number of aliphatic hydroxyl groups excluding tert-OH is 2. The molecule has 0 aromatic carbocycles. The zero-order valence-corrected chi connectivity index (χ0v) is 9.42. The molecule has 10 nitrogen and oxygen atoms in total. The fraction of sp³-hybridized carbons (Fsp3) is 0.556. The monoisotopic (exact) mass is 267 g/mol. The molecule has 100 valence electrons. The van der Waals surface area contributed by atoms with Crippen LogP contribution in [0.5, 0.6) is 0 Å². The molecule has 0 unspecified atom stereocenters. The average Bonchev–Trinajstić information content (AvgIpc) is 2.82. The lowest BCUT2D eigenvalue weighted by Gasteiger charge is -2.18. The van der Waals surface area contributed by atoms with E-state index in [0.29, 0.717) is 0 Å². The van der Waals surface area contributed by atoms with Crippen LogP contribution in [0.25, 0.3) is 11.2 Å². The Morgan fingerprint density at radius 1 is 1.32 bits per heavy atom. The van der Waals surface area contributed by atoms with Crippen LogP contribution in [0.1, 0.15) is 6.23 Å². The molecule has 10 heteroatoms. The zero-order chi connectivity index (χ0) is 13.3. The minimum absolute atomic E-state index is 0.00237. The molecular formula is C9H9N5O5. The number of hydrogen-bond donors (Lipinski definition) is 3. The fourth-order valence-corrected chi connectivity index (χ4v) is 2.63. The maximum Gasteiger partial charge on any atom is 0.332 e. The smallest absolute Gasteiger partial charge is 0.332 e. The summed E-state index contributed by atoms with van der Waals surface area (Å²) in [4.78, 5) is 25.6. The van der Waals surface area contributed by atoms with Crippen molar-refractivity contribution in [2.45, 2.75) is 31.1 Å². The van der Waals surface area contributed by atoms with Crippen LogP contribution in [0.3, 0.4) is 0 Å². The molecule has 2 aromatic rings. The number of aromatic amines is 1. The Labute approximate surface area is 103 Å². The molecule has 0 amide bonds. The summed E-state index contributed by atoms with van der Waals surface area (Å²) in [5.74, 6) is 0. The minimum Gasteiger partial charge on any atom is -0.387 e. The van der Waals surface area contributed by atoms with Gasteiger partial charge in [0, 0.05) is 0 Å². The van der Waals surface area contributed by atoms with E-state index in [4.69, 9.17) is 4.74 Å². The van der Waals surface area contributed by atoms with E-state index in [1.165, 1.54) is 4.68 Å².